The second-order valence-corrected chi connectivity index (χ2v) is 3.81. The van der Waals surface area contributed by atoms with Crippen LogP contribution in [-0.2, 0) is 0 Å². The highest BCUT2D eigenvalue weighted by atomic mass is 32.2. The lowest BCUT2D eigenvalue weighted by atomic mass is 10.0. The molecule has 0 saturated carbocycles. The van der Waals surface area contributed by atoms with E-state index < -0.39 is 0 Å². The first-order chi connectivity index (χ1) is 5.38. The normalized spacial score (nSPS) is 19.5. The molecule has 0 radical (unpaired) electrons. The van der Waals surface area contributed by atoms with Crippen molar-refractivity contribution in [2.75, 3.05) is 12.3 Å². The van der Waals surface area contributed by atoms with Crippen LogP contribution in [0.4, 0.5) is 0 Å². The highest BCUT2D eigenvalue weighted by molar-refractivity contribution is 8.14. The van der Waals surface area contributed by atoms with Crippen molar-refractivity contribution in [3.8, 4) is 0 Å². The Labute approximate surface area is 73.0 Å². The van der Waals surface area contributed by atoms with Crippen LogP contribution in [-0.4, -0.2) is 17.3 Å². The van der Waals surface area contributed by atoms with Gasteiger partial charge in [-0.2, -0.15) is 0 Å². The third kappa shape index (κ3) is 2.37. The quantitative estimate of drug-likeness (QED) is 0.589. The Morgan fingerprint density at radius 3 is 3.09 bits per heavy atom. The monoisotopic (exact) mass is 169 g/mol. The van der Waals surface area contributed by atoms with E-state index in [1.807, 2.05) is 17.8 Å². The lowest BCUT2D eigenvalue weighted by Gasteiger charge is -2.10. The number of aliphatic imine (C=N–C) groups is 1. The van der Waals surface area contributed by atoms with Crippen LogP contribution in [0.25, 0.3) is 0 Å². The first kappa shape index (κ1) is 8.85. The topological polar surface area (TPSA) is 12.4 Å². The first-order valence-electron chi connectivity index (χ1n) is 4.16. The molecule has 0 bridgehead atoms. The molecule has 62 valence electrons. The Kier molecular flexibility index (Phi) is 3.70. The summed E-state index contributed by atoms with van der Waals surface area (Å²) in [6.07, 6.45) is 4.27. The molecular formula is C9H15NS. The molecule has 0 amide bonds. The Bertz CT molecular complexity index is 163. The summed E-state index contributed by atoms with van der Waals surface area (Å²) < 4.78 is 0. The average Bonchev–Trinajstić information content (AvgIpc) is 2.52. The Morgan fingerprint density at radius 1 is 1.82 bits per heavy atom. The fraction of sp³-hybridized carbons (Fsp3) is 0.667. The third-order valence-electron chi connectivity index (χ3n) is 1.90. The van der Waals surface area contributed by atoms with Crippen molar-refractivity contribution in [3.63, 3.8) is 0 Å². The van der Waals surface area contributed by atoms with Gasteiger partial charge in [-0.15, -0.1) is 18.3 Å². The second kappa shape index (κ2) is 4.60. The molecule has 0 aromatic carbocycles. The third-order valence-corrected chi connectivity index (χ3v) is 3.05. The van der Waals surface area contributed by atoms with Gasteiger partial charge in [-0.3, -0.25) is 4.99 Å². The van der Waals surface area contributed by atoms with Crippen LogP contribution in [0.2, 0.25) is 0 Å². The second-order valence-electron chi connectivity index (χ2n) is 2.70. The largest absolute Gasteiger partial charge is 0.282 e. The zero-order valence-corrected chi connectivity index (χ0v) is 7.86. The number of hydrogen-bond donors (Lipinski definition) is 0. The summed E-state index contributed by atoms with van der Waals surface area (Å²) in [5.74, 6) is 1.84. The molecule has 0 fully saturated rings. The standard InChI is InChI=1S/C9H15NS/c1-3-5-8(4-2)9-10-6-7-11-9/h3,8H,1,4-7H2,2H3/t8-/m0/s1. The predicted molar refractivity (Wildman–Crippen MR) is 53.4 cm³/mol. The van der Waals surface area contributed by atoms with Crippen LogP contribution in [0.5, 0.6) is 0 Å². The molecule has 1 heterocycles. The van der Waals surface area contributed by atoms with Crippen LogP contribution >= 0.6 is 11.8 Å². The van der Waals surface area contributed by atoms with Gasteiger partial charge in [0.25, 0.3) is 0 Å². The van der Waals surface area contributed by atoms with Crippen molar-refractivity contribution >= 4 is 16.8 Å². The average molecular weight is 169 g/mol. The zero-order chi connectivity index (χ0) is 8.10. The molecule has 0 aliphatic carbocycles. The fourth-order valence-electron chi connectivity index (χ4n) is 1.24. The van der Waals surface area contributed by atoms with Crippen LogP contribution < -0.4 is 0 Å². The minimum absolute atomic E-state index is 0.653. The van der Waals surface area contributed by atoms with E-state index in [4.69, 9.17) is 0 Å². The molecule has 0 saturated heterocycles. The Balaban J connectivity index is 2.46. The van der Waals surface area contributed by atoms with E-state index in [-0.39, 0.29) is 0 Å². The Hall–Kier alpha value is -0.240. The van der Waals surface area contributed by atoms with E-state index in [0.29, 0.717) is 5.92 Å². The van der Waals surface area contributed by atoms with Crippen molar-refractivity contribution in [2.45, 2.75) is 19.8 Å². The van der Waals surface area contributed by atoms with Crippen LogP contribution in [0.1, 0.15) is 19.8 Å². The highest BCUT2D eigenvalue weighted by Gasteiger charge is 2.15. The van der Waals surface area contributed by atoms with Crippen molar-refractivity contribution in [1.82, 2.24) is 0 Å². The van der Waals surface area contributed by atoms with Crippen molar-refractivity contribution in [3.05, 3.63) is 12.7 Å². The summed E-state index contributed by atoms with van der Waals surface area (Å²) in [7, 11) is 0. The smallest absolute Gasteiger partial charge is 0.0710 e. The molecule has 11 heavy (non-hydrogen) atoms. The number of nitrogens with zero attached hydrogens (tertiary/aromatic N) is 1. The molecule has 1 nitrogen and oxygen atoms in total. The van der Waals surface area contributed by atoms with Gasteiger partial charge in [0.15, 0.2) is 0 Å². The van der Waals surface area contributed by atoms with E-state index in [9.17, 15) is 0 Å². The van der Waals surface area contributed by atoms with Crippen LogP contribution in [0.3, 0.4) is 0 Å². The van der Waals surface area contributed by atoms with E-state index in [0.717, 1.165) is 13.0 Å². The molecule has 0 aromatic rings. The number of hydrogen-bond acceptors (Lipinski definition) is 2. The number of thioether (sulfide) groups is 1. The van der Waals surface area contributed by atoms with E-state index in [1.54, 1.807) is 0 Å². The summed E-state index contributed by atoms with van der Waals surface area (Å²) in [5.41, 5.74) is 0. The molecule has 0 spiro atoms. The van der Waals surface area contributed by atoms with Gasteiger partial charge >= 0.3 is 0 Å². The minimum atomic E-state index is 0.653. The van der Waals surface area contributed by atoms with Gasteiger partial charge in [-0.1, -0.05) is 13.0 Å². The van der Waals surface area contributed by atoms with Gasteiger partial charge in [0, 0.05) is 18.2 Å². The van der Waals surface area contributed by atoms with E-state index in [2.05, 4.69) is 18.5 Å². The molecular weight excluding hydrogens is 154 g/mol. The lowest BCUT2D eigenvalue weighted by Crippen LogP contribution is -2.06. The molecule has 0 unspecified atom stereocenters. The summed E-state index contributed by atoms with van der Waals surface area (Å²) >= 11 is 1.92. The number of rotatable bonds is 4. The van der Waals surface area contributed by atoms with Crippen LogP contribution in [0.15, 0.2) is 17.6 Å². The van der Waals surface area contributed by atoms with Gasteiger partial charge in [-0.25, -0.2) is 0 Å². The molecule has 1 rings (SSSR count). The molecule has 2 heteroatoms. The maximum atomic E-state index is 4.46. The first-order valence-corrected chi connectivity index (χ1v) is 5.15. The van der Waals surface area contributed by atoms with Crippen molar-refractivity contribution in [2.24, 2.45) is 10.9 Å². The van der Waals surface area contributed by atoms with Gasteiger partial charge in [0.05, 0.1) is 5.04 Å². The summed E-state index contributed by atoms with van der Waals surface area (Å²) in [6, 6.07) is 0. The van der Waals surface area contributed by atoms with Gasteiger partial charge in [0.1, 0.15) is 0 Å². The van der Waals surface area contributed by atoms with Gasteiger partial charge < -0.3 is 0 Å². The molecule has 1 aliphatic heterocycles. The van der Waals surface area contributed by atoms with Crippen LogP contribution in [0, 0.1) is 5.92 Å². The highest BCUT2D eigenvalue weighted by Crippen LogP contribution is 2.23. The van der Waals surface area contributed by atoms with Crippen molar-refractivity contribution in [1.29, 1.82) is 0 Å². The predicted octanol–water partition coefficient (Wildman–Crippen LogP) is 2.73. The van der Waals surface area contributed by atoms with Gasteiger partial charge in [-0.05, 0) is 12.8 Å². The lowest BCUT2D eigenvalue weighted by molar-refractivity contribution is 0.686. The fourth-order valence-corrected chi connectivity index (χ4v) is 2.31. The zero-order valence-electron chi connectivity index (χ0n) is 7.05. The summed E-state index contributed by atoms with van der Waals surface area (Å²) in [5, 5.41) is 1.35. The SMILES string of the molecule is C=CC[C@H](CC)C1=NCCS1. The molecule has 0 N–H and O–H groups in total. The Morgan fingerprint density at radius 2 is 2.64 bits per heavy atom. The molecule has 1 aliphatic rings. The minimum Gasteiger partial charge on any atom is -0.282 e. The summed E-state index contributed by atoms with van der Waals surface area (Å²) in [6.45, 7) is 6.99. The van der Waals surface area contributed by atoms with E-state index >= 15 is 0 Å². The maximum absolute atomic E-state index is 4.46. The van der Waals surface area contributed by atoms with E-state index in [1.165, 1.54) is 17.2 Å². The molecule has 0 aromatic heterocycles. The maximum Gasteiger partial charge on any atom is 0.0710 e. The number of allylic oxidation sites excluding steroid dienone is 1. The molecule has 1 atom stereocenters. The summed E-state index contributed by atoms with van der Waals surface area (Å²) in [4.78, 5) is 4.46. The van der Waals surface area contributed by atoms with Crippen molar-refractivity contribution < 1.29 is 0 Å². The van der Waals surface area contributed by atoms with Gasteiger partial charge in [0.2, 0.25) is 0 Å².